The molecule has 0 saturated heterocycles. The van der Waals surface area contributed by atoms with Crippen LogP contribution in [0.5, 0.6) is 0 Å². The van der Waals surface area contributed by atoms with Gasteiger partial charge in [-0.05, 0) is 0 Å². The Hall–Kier alpha value is -0.0105. The molecular formula is C6H10NOSe. The summed E-state index contributed by atoms with van der Waals surface area (Å²) in [7, 11) is 0. The summed E-state index contributed by atoms with van der Waals surface area (Å²) in [6.45, 7) is 5.05. The van der Waals surface area contributed by atoms with Gasteiger partial charge in [0.05, 0.1) is 0 Å². The number of aliphatic imine (C=N–C) groups is 1. The van der Waals surface area contributed by atoms with Crippen LogP contribution in [-0.4, -0.2) is 33.5 Å². The first-order valence-electron chi connectivity index (χ1n) is 3.08. The normalized spacial score (nSPS) is 26.1. The van der Waals surface area contributed by atoms with Gasteiger partial charge in [-0.2, -0.15) is 0 Å². The molecule has 1 heterocycles. The molecule has 0 saturated carbocycles. The Kier molecular flexibility index (Phi) is 2.14. The third-order valence-corrected chi connectivity index (χ3v) is 1.89. The molecule has 0 spiro atoms. The third-order valence-electron chi connectivity index (χ3n) is 1.42. The molecule has 1 rings (SSSR count). The fraction of sp³-hybridized carbons (Fsp3) is 0.833. The minimum absolute atomic E-state index is 0.376. The van der Waals surface area contributed by atoms with Crippen LogP contribution in [0, 0.1) is 5.92 Å². The zero-order valence-electron chi connectivity index (χ0n) is 5.63. The molecule has 0 fully saturated rings. The van der Waals surface area contributed by atoms with Gasteiger partial charge in [-0.25, -0.2) is 0 Å². The Morgan fingerprint density at radius 2 is 2.44 bits per heavy atom. The van der Waals surface area contributed by atoms with Crippen molar-refractivity contribution < 1.29 is 4.74 Å². The first kappa shape index (κ1) is 7.10. The minimum atomic E-state index is 0.376. The average molecular weight is 190 g/mol. The Morgan fingerprint density at radius 3 is 2.67 bits per heavy atom. The van der Waals surface area contributed by atoms with Crippen molar-refractivity contribution in [1.29, 1.82) is 0 Å². The van der Waals surface area contributed by atoms with Gasteiger partial charge in [0, 0.05) is 0 Å². The zero-order valence-corrected chi connectivity index (χ0v) is 7.34. The van der Waals surface area contributed by atoms with Crippen molar-refractivity contribution in [1.82, 2.24) is 0 Å². The molecule has 9 heavy (non-hydrogen) atoms. The van der Waals surface area contributed by atoms with Crippen LogP contribution in [0.2, 0.25) is 0 Å². The molecule has 1 aliphatic heterocycles. The Labute approximate surface area is 63.5 Å². The van der Waals surface area contributed by atoms with Crippen LogP contribution >= 0.6 is 0 Å². The summed E-state index contributed by atoms with van der Waals surface area (Å²) in [6.07, 6.45) is 0. The van der Waals surface area contributed by atoms with E-state index in [0.717, 1.165) is 6.61 Å². The van der Waals surface area contributed by atoms with Crippen LogP contribution in [-0.2, 0) is 4.74 Å². The molecule has 0 amide bonds. The number of rotatable bonds is 1. The Morgan fingerprint density at radius 1 is 1.78 bits per heavy atom. The van der Waals surface area contributed by atoms with Gasteiger partial charge < -0.3 is 0 Å². The van der Waals surface area contributed by atoms with Crippen molar-refractivity contribution in [3.63, 3.8) is 0 Å². The molecule has 1 radical (unpaired) electrons. The molecule has 0 N–H and O–H groups in total. The van der Waals surface area contributed by atoms with Crippen LogP contribution < -0.4 is 0 Å². The van der Waals surface area contributed by atoms with Crippen molar-refractivity contribution >= 4 is 20.8 Å². The summed E-state index contributed by atoms with van der Waals surface area (Å²) >= 11 is 2.75. The van der Waals surface area contributed by atoms with E-state index in [0.29, 0.717) is 16.8 Å². The maximum absolute atomic E-state index is 5.12. The van der Waals surface area contributed by atoms with Crippen LogP contribution in [0.4, 0.5) is 0 Å². The van der Waals surface area contributed by atoms with Crippen molar-refractivity contribution in [3.8, 4) is 0 Å². The van der Waals surface area contributed by atoms with Crippen molar-refractivity contribution in [2.24, 2.45) is 10.9 Å². The molecule has 1 atom stereocenters. The molecule has 1 unspecified atom stereocenters. The number of hydrogen-bond donors (Lipinski definition) is 0. The molecule has 0 aromatic carbocycles. The van der Waals surface area contributed by atoms with Gasteiger partial charge in [0.25, 0.3) is 0 Å². The second-order valence-electron chi connectivity index (χ2n) is 2.52. The van der Waals surface area contributed by atoms with E-state index in [1.807, 2.05) is 0 Å². The monoisotopic (exact) mass is 190 g/mol. The maximum atomic E-state index is 5.12. The quantitative estimate of drug-likeness (QED) is 0.437. The van der Waals surface area contributed by atoms with Crippen LogP contribution in [0.15, 0.2) is 4.99 Å². The van der Waals surface area contributed by atoms with E-state index in [-0.39, 0.29) is 0 Å². The molecule has 0 aliphatic carbocycles. The first-order chi connectivity index (χ1) is 4.20. The van der Waals surface area contributed by atoms with Gasteiger partial charge in [0.2, 0.25) is 0 Å². The van der Waals surface area contributed by atoms with Crippen LogP contribution in [0.1, 0.15) is 13.8 Å². The van der Waals surface area contributed by atoms with Gasteiger partial charge in [-0.1, -0.05) is 0 Å². The standard InChI is InChI=1S/C6H10NOSe/c1-4(2)5-3-8-6(9)7-5/h4-5H,3H2,1-2H3/i6+1,9-2. The fourth-order valence-corrected chi connectivity index (χ4v) is 1.13. The van der Waals surface area contributed by atoms with E-state index in [4.69, 9.17) is 4.74 Å². The summed E-state index contributed by atoms with van der Waals surface area (Å²) in [5.74, 6) is 0.593. The van der Waals surface area contributed by atoms with E-state index in [1.165, 1.54) is 0 Å². The molecule has 1 aliphatic rings. The van der Waals surface area contributed by atoms with Gasteiger partial charge in [-0.15, -0.1) is 0 Å². The van der Waals surface area contributed by atoms with E-state index in [9.17, 15) is 0 Å². The number of hydrogen-bond acceptors (Lipinski definition) is 2. The number of ether oxygens (including phenoxy) is 1. The predicted molar refractivity (Wildman–Crippen MR) is 37.8 cm³/mol. The summed E-state index contributed by atoms with van der Waals surface area (Å²) in [5.41, 5.74) is 0. The SMILES string of the molecule is CC(C)C1CO[13C]([77Se])=N1. The summed E-state index contributed by atoms with van der Waals surface area (Å²) < 4.78 is 5.12. The molecule has 0 aromatic heterocycles. The second-order valence-corrected chi connectivity index (χ2v) is 3.25. The fourth-order valence-electron chi connectivity index (χ4n) is 0.708. The molecule has 0 bridgehead atoms. The predicted octanol–water partition coefficient (Wildman–Crippen LogP) is 0.566. The van der Waals surface area contributed by atoms with E-state index >= 15 is 0 Å². The van der Waals surface area contributed by atoms with Gasteiger partial charge in [-0.3, -0.25) is 0 Å². The first-order valence-corrected chi connectivity index (χ1v) is 3.93. The molecule has 3 heteroatoms. The average Bonchev–Trinajstić information content (AvgIpc) is 2.14. The second kappa shape index (κ2) is 2.72. The molecular weight excluding hydrogens is 180 g/mol. The van der Waals surface area contributed by atoms with Crippen molar-refractivity contribution in [2.45, 2.75) is 19.9 Å². The van der Waals surface area contributed by atoms with Gasteiger partial charge >= 0.3 is 63.0 Å². The summed E-state index contributed by atoms with van der Waals surface area (Å²) in [5, 5.41) is 0. The topological polar surface area (TPSA) is 21.6 Å². The Bertz CT molecular complexity index is 133. The Balaban J connectivity index is 2.47. The number of nitrogens with zero attached hydrogens (tertiary/aromatic N) is 1. The van der Waals surface area contributed by atoms with Crippen LogP contribution in [0.25, 0.3) is 0 Å². The van der Waals surface area contributed by atoms with Crippen molar-refractivity contribution in [2.75, 3.05) is 6.61 Å². The zero-order chi connectivity index (χ0) is 6.85. The van der Waals surface area contributed by atoms with Gasteiger partial charge in [0.1, 0.15) is 0 Å². The molecule has 51 valence electrons. The third kappa shape index (κ3) is 1.70. The van der Waals surface area contributed by atoms with E-state index in [1.54, 1.807) is 0 Å². The van der Waals surface area contributed by atoms with Crippen molar-refractivity contribution in [3.05, 3.63) is 0 Å². The molecule has 0 aromatic rings. The van der Waals surface area contributed by atoms with E-state index in [2.05, 4.69) is 34.9 Å². The van der Waals surface area contributed by atoms with Gasteiger partial charge in [0.15, 0.2) is 0 Å². The summed E-state index contributed by atoms with van der Waals surface area (Å²) in [4.78, 5) is 4.94. The van der Waals surface area contributed by atoms with Crippen LogP contribution in [0.3, 0.4) is 0 Å². The van der Waals surface area contributed by atoms with E-state index < -0.39 is 0 Å². The summed E-state index contributed by atoms with van der Waals surface area (Å²) in [6, 6.07) is 0.376. The molecule has 2 nitrogen and oxygen atoms in total.